The van der Waals surface area contributed by atoms with Crippen molar-refractivity contribution in [2.45, 2.75) is 31.7 Å². The first-order chi connectivity index (χ1) is 15.6. The topological polar surface area (TPSA) is 23.6 Å². The lowest BCUT2D eigenvalue weighted by atomic mass is 9.90. The van der Waals surface area contributed by atoms with Crippen LogP contribution in [0.25, 0.3) is 0 Å². The fourth-order valence-electron chi connectivity index (χ4n) is 5.00. The number of hydrogen-bond acceptors (Lipinski definition) is 2. The molecule has 3 aromatic rings. The number of rotatable bonds is 8. The number of nitrogens with zero attached hydrogens (tertiary/aromatic N) is 2. The van der Waals surface area contributed by atoms with Gasteiger partial charge in [-0.1, -0.05) is 97.9 Å². The van der Waals surface area contributed by atoms with Crippen molar-refractivity contribution < 1.29 is 4.79 Å². The van der Waals surface area contributed by atoms with E-state index in [1.807, 2.05) is 36.4 Å². The van der Waals surface area contributed by atoms with Crippen molar-refractivity contribution in [1.29, 1.82) is 0 Å². The molecule has 0 aromatic heterocycles. The zero-order chi connectivity index (χ0) is 22.3. The van der Waals surface area contributed by atoms with Crippen LogP contribution in [0.15, 0.2) is 91.0 Å². The zero-order valence-electron chi connectivity index (χ0n) is 19.2. The lowest BCUT2D eigenvalue weighted by molar-refractivity contribution is -0.131. The van der Waals surface area contributed by atoms with Crippen LogP contribution in [-0.2, 0) is 11.2 Å². The lowest BCUT2D eigenvalue weighted by Gasteiger charge is -2.28. The van der Waals surface area contributed by atoms with Crippen molar-refractivity contribution in [2.24, 2.45) is 5.92 Å². The van der Waals surface area contributed by atoms with Gasteiger partial charge in [-0.25, -0.2) is 0 Å². The molecule has 1 amide bonds. The van der Waals surface area contributed by atoms with E-state index in [4.69, 9.17) is 0 Å². The number of likely N-dealkylation sites (N-methyl/N-ethyl adjacent to an activating group) is 1. The molecule has 0 N–H and O–H groups in total. The van der Waals surface area contributed by atoms with Crippen LogP contribution in [0.3, 0.4) is 0 Å². The Labute approximate surface area is 192 Å². The highest BCUT2D eigenvalue weighted by Gasteiger charge is 2.37. The average molecular weight is 427 g/mol. The van der Waals surface area contributed by atoms with E-state index in [-0.39, 0.29) is 11.8 Å². The molecule has 0 unspecified atom stereocenters. The van der Waals surface area contributed by atoms with E-state index in [9.17, 15) is 4.79 Å². The molecule has 3 nitrogen and oxygen atoms in total. The van der Waals surface area contributed by atoms with Crippen molar-refractivity contribution in [1.82, 2.24) is 9.80 Å². The van der Waals surface area contributed by atoms with Crippen LogP contribution in [0.2, 0.25) is 0 Å². The van der Waals surface area contributed by atoms with Gasteiger partial charge in [-0.05, 0) is 49.0 Å². The van der Waals surface area contributed by atoms with Crippen LogP contribution in [0.4, 0.5) is 0 Å². The molecule has 0 spiro atoms. The van der Waals surface area contributed by atoms with Gasteiger partial charge in [-0.15, -0.1) is 0 Å². The number of hydrogen-bond donors (Lipinski definition) is 0. The van der Waals surface area contributed by atoms with Crippen molar-refractivity contribution in [2.75, 3.05) is 26.7 Å². The molecule has 32 heavy (non-hydrogen) atoms. The van der Waals surface area contributed by atoms with Crippen LogP contribution in [0.1, 0.15) is 36.0 Å². The van der Waals surface area contributed by atoms with Crippen molar-refractivity contribution in [3.63, 3.8) is 0 Å². The van der Waals surface area contributed by atoms with E-state index in [0.717, 1.165) is 43.6 Å². The molecule has 1 saturated heterocycles. The fourth-order valence-corrected chi connectivity index (χ4v) is 5.00. The second-order valence-corrected chi connectivity index (χ2v) is 9.11. The molecular weight excluding hydrogens is 392 g/mol. The van der Waals surface area contributed by atoms with E-state index in [1.165, 1.54) is 5.56 Å². The standard InChI is InChI=1S/C29H34N2O/c1-23-21-31(22-27(23)30(2)20-12-15-24-13-6-3-7-14-24)29(32)28(25-16-8-4-9-17-25)26-18-10-5-11-19-26/h3-11,13-14,16-19,23,27-28H,12,15,20-22H2,1-2H3/t23-,27-/m1/s1. The minimum atomic E-state index is -0.244. The third-order valence-electron chi connectivity index (χ3n) is 6.78. The van der Waals surface area contributed by atoms with Gasteiger partial charge in [0, 0.05) is 19.1 Å². The number of aryl methyl sites for hydroxylation is 1. The summed E-state index contributed by atoms with van der Waals surface area (Å²) in [5, 5.41) is 0. The summed E-state index contributed by atoms with van der Waals surface area (Å²) in [6.45, 7) is 4.96. The van der Waals surface area contributed by atoms with Crippen LogP contribution in [-0.4, -0.2) is 48.4 Å². The monoisotopic (exact) mass is 426 g/mol. The summed E-state index contributed by atoms with van der Waals surface area (Å²) in [4.78, 5) is 18.3. The molecule has 166 valence electrons. The summed E-state index contributed by atoms with van der Waals surface area (Å²) in [6.07, 6.45) is 2.23. The summed E-state index contributed by atoms with van der Waals surface area (Å²) >= 11 is 0. The predicted octanol–water partition coefficient (Wildman–Crippen LogP) is 5.23. The predicted molar refractivity (Wildman–Crippen MR) is 132 cm³/mol. The van der Waals surface area contributed by atoms with E-state index in [2.05, 4.69) is 78.4 Å². The SMILES string of the molecule is C[C@@H]1CN(C(=O)C(c2ccccc2)c2ccccc2)C[C@H]1N(C)CCCc1ccccc1. The average Bonchev–Trinajstić information content (AvgIpc) is 3.23. The Morgan fingerprint density at radius 3 is 1.97 bits per heavy atom. The van der Waals surface area contributed by atoms with Gasteiger partial charge in [-0.3, -0.25) is 4.79 Å². The first-order valence-corrected chi connectivity index (χ1v) is 11.8. The minimum absolute atomic E-state index is 0.217. The normalized spacial score (nSPS) is 18.4. The van der Waals surface area contributed by atoms with Gasteiger partial charge in [-0.2, -0.15) is 0 Å². The van der Waals surface area contributed by atoms with E-state index in [1.54, 1.807) is 0 Å². The quantitative estimate of drug-likeness (QED) is 0.492. The molecule has 1 fully saturated rings. The van der Waals surface area contributed by atoms with Crippen LogP contribution in [0.5, 0.6) is 0 Å². The number of likely N-dealkylation sites (tertiary alicyclic amines) is 1. The van der Waals surface area contributed by atoms with E-state index in [0.29, 0.717) is 12.0 Å². The minimum Gasteiger partial charge on any atom is -0.340 e. The van der Waals surface area contributed by atoms with Gasteiger partial charge < -0.3 is 9.80 Å². The first kappa shape index (κ1) is 22.3. The Morgan fingerprint density at radius 2 is 1.41 bits per heavy atom. The van der Waals surface area contributed by atoms with Gasteiger partial charge in [0.05, 0.1) is 5.92 Å². The van der Waals surface area contributed by atoms with Crippen molar-refractivity contribution in [3.8, 4) is 0 Å². The summed E-state index contributed by atoms with van der Waals surface area (Å²) < 4.78 is 0. The Bertz CT molecular complexity index is 934. The second kappa shape index (κ2) is 10.6. The molecule has 3 aromatic carbocycles. The third-order valence-corrected chi connectivity index (χ3v) is 6.78. The molecule has 1 aliphatic heterocycles. The molecule has 0 bridgehead atoms. The van der Waals surface area contributed by atoms with Gasteiger partial charge in [0.25, 0.3) is 0 Å². The summed E-state index contributed by atoms with van der Waals surface area (Å²) in [7, 11) is 2.21. The highest BCUT2D eigenvalue weighted by molar-refractivity contribution is 5.87. The molecule has 0 aliphatic carbocycles. The van der Waals surface area contributed by atoms with Crippen molar-refractivity contribution in [3.05, 3.63) is 108 Å². The maximum atomic E-state index is 13.8. The van der Waals surface area contributed by atoms with Crippen LogP contribution >= 0.6 is 0 Å². The molecule has 0 saturated carbocycles. The lowest BCUT2D eigenvalue weighted by Crippen LogP contribution is -2.40. The zero-order valence-corrected chi connectivity index (χ0v) is 19.2. The van der Waals surface area contributed by atoms with Crippen LogP contribution < -0.4 is 0 Å². The second-order valence-electron chi connectivity index (χ2n) is 9.11. The largest absolute Gasteiger partial charge is 0.340 e. The Hall–Kier alpha value is -2.91. The number of carbonyl (C=O) groups is 1. The first-order valence-electron chi connectivity index (χ1n) is 11.8. The fraction of sp³-hybridized carbons (Fsp3) is 0.345. The highest BCUT2D eigenvalue weighted by atomic mass is 16.2. The van der Waals surface area contributed by atoms with Gasteiger partial charge in [0.15, 0.2) is 0 Å². The Morgan fingerprint density at radius 1 is 0.875 bits per heavy atom. The van der Waals surface area contributed by atoms with E-state index >= 15 is 0 Å². The van der Waals surface area contributed by atoms with Gasteiger partial charge >= 0.3 is 0 Å². The number of carbonyl (C=O) groups excluding carboxylic acids is 1. The third kappa shape index (κ3) is 5.28. The Kier molecular flexibility index (Phi) is 7.39. The maximum Gasteiger partial charge on any atom is 0.234 e. The molecule has 0 radical (unpaired) electrons. The van der Waals surface area contributed by atoms with Gasteiger partial charge in [0.1, 0.15) is 0 Å². The van der Waals surface area contributed by atoms with Crippen molar-refractivity contribution >= 4 is 5.91 Å². The molecule has 1 aliphatic rings. The number of amides is 1. The number of benzene rings is 3. The van der Waals surface area contributed by atoms with Crippen LogP contribution in [0, 0.1) is 5.92 Å². The molecule has 1 heterocycles. The molecule has 2 atom stereocenters. The Balaban J connectivity index is 1.42. The molecule has 4 rings (SSSR count). The molecule has 3 heteroatoms. The summed E-state index contributed by atoms with van der Waals surface area (Å²) in [6, 6.07) is 31.5. The molecular formula is C29H34N2O. The highest BCUT2D eigenvalue weighted by Crippen LogP contribution is 2.30. The van der Waals surface area contributed by atoms with Gasteiger partial charge in [0.2, 0.25) is 5.91 Å². The summed E-state index contributed by atoms with van der Waals surface area (Å²) in [5.41, 5.74) is 3.53. The summed E-state index contributed by atoms with van der Waals surface area (Å²) in [5.74, 6) is 0.439. The smallest absolute Gasteiger partial charge is 0.234 e. The van der Waals surface area contributed by atoms with E-state index < -0.39 is 0 Å². The maximum absolute atomic E-state index is 13.8.